The van der Waals surface area contributed by atoms with Crippen molar-refractivity contribution in [1.29, 1.82) is 0 Å². The first kappa shape index (κ1) is 17.4. The van der Waals surface area contributed by atoms with Crippen molar-refractivity contribution in [2.75, 3.05) is 12.4 Å². The molecule has 0 fully saturated rings. The number of carbonyl (C=O) groups is 2. The Balaban J connectivity index is 0.00000154. The monoisotopic (exact) mass is 286 g/mol. The first-order valence-corrected chi connectivity index (χ1v) is 6.86. The number of hydrogen-bond donors (Lipinski definition) is 2. The average molecular weight is 286 g/mol. The third-order valence-electron chi connectivity index (χ3n) is 2.11. The molecule has 0 saturated heterocycles. The van der Waals surface area contributed by atoms with Gasteiger partial charge >= 0.3 is 12.0 Å². The number of methoxy groups -OCH3 is 1. The first-order valence-electron chi connectivity index (χ1n) is 6.04. The van der Waals surface area contributed by atoms with Crippen LogP contribution in [0, 0.1) is 0 Å². The molecule has 5 nitrogen and oxygen atoms in total. The van der Waals surface area contributed by atoms with Gasteiger partial charge in [0.05, 0.1) is 12.7 Å². The lowest BCUT2D eigenvalue weighted by Crippen LogP contribution is -2.20. The van der Waals surface area contributed by atoms with Crippen LogP contribution in [0.3, 0.4) is 0 Å². The highest BCUT2D eigenvalue weighted by Gasteiger charge is 2.23. The van der Waals surface area contributed by atoms with Crippen molar-refractivity contribution in [3.05, 3.63) is 16.5 Å². The summed E-state index contributed by atoms with van der Waals surface area (Å²) in [5, 5.41) is 2.86. The maximum Gasteiger partial charge on any atom is 0.340 e. The molecule has 0 unspecified atom stereocenters. The van der Waals surface area contributed by atoms with Crippen molar-refractivity contribution >= 4 is 28.3 Å². The topological polar surface area (TPSA) is 81.4 Å². The van der Waals surface area contributed by atoms with Crippen molar-refractivity contribution in [2.45, 2.75) is 40.0 Å². The van der Waals surface area contributed by atoms with Crippen molar-refractivity contribution in [2.24, 2.45) is 5.73 Å². The molecule has 108 valence electrons. The zero-order chi connectivity index (χ0) is 15.2. The summed E-state index contributed by atoms with van der Waals surface area (Å²) in [6, 6.07) is 1.03. The van der Waals surface area contributed by atoms with Gasteiger partial charge in [0.15, 0.2) is 0 Å². The van der Waals surface area contributed by atoms with Crippen molar-refractivity contribution < 1.29 is 14.3 Å². The van der Waals surface area contributed by atoms with E-state index in [-0.39, 0.29) is 5.41 Å². The molecule has 2 amide bonds. The molecule has 6 heteroatoms. The van der Waals surface area contributed by atoms with Gasteiger partial charge in [-0.05, 0) is 11.5 Å². The molecule has 0 saturated carbocycles. The molecule has 1 heterocycles. The van der Waals surface area contributed by atoms with Gasteiger partial charge in [-0.15, -0.1) is 11.3 Å². The second kappa shape index (κ2) is 7.13. The van der Waals surface area contributed by atoms with E-state index < -0.39 is 12.0 Å². The molecule has 0 atom stereocenters. The number of nitrogens with one attached hydrogen (secondary N) is 1. The number of primary amides is 1. The van der Waals surface area contributed by atoms with Gasteiger partial charge in [0, 0.05) is 4.88 Å². The summed E-state index contributed by atoms with van der Waals surface area (Å²) in [5.74, 6) is -0.486. The van der Waals surface area contributed by atoms with Gasteiger partial charge < -0.3 is 10.5 Å². The third kappa shape index (κ3) is 4.90. The molecular formula is C13H22N2O3S. The van der Waals surface area contributed by atoms with E-state index in [2.05, 4.69) is 10.1 Å². The predicted molar refractivity (Wildman–Crippen MR) is 78.9 cm³/mol. The third-order valence-corrected chi connectivity index (χ3v) is 3.59. The number of ether oxygens (including phenoxy) is 1. The molecule has 0 bridgehead atoms. The van der Waals surface area contributed by atoms with Gasteiger partial charge in [-0.25, -0.2) is 9.59 Å². The number of amides is 2. The number of carbonyl (C=O) groups excluding carboxylic acids is 2. The molecule has 0 aromatic carbocycles. The van der Waals surface area contributed by atoms with Crippen LogP contribution >= 0.6 is 11.3 Å². The highest BCUT2D eigenvalue weighted by Crippen LogP contribution is 2.36. The Labute approximate surface area is 118 Å². The quantitative estimate of drug-likeness (QED) is 0.818. The van der Waals surface area contributed by atoms with Crippen LogP contribution in [0.15, 0.2) is 6.07 Å². The minimum Gasteiger partial charge on any atom is -0.465 e. The zero-order valence-corrected chi connectivity index (χ0v) is 13.1. The fourth-order valence-corrected chi connectivity index (χ4v) is 2.33. The summed E-state index contributed by atoms with van der Waals surface area (Å²) in [5.41, 5.74) is 5.29. The average Bonchev–Trinajstić information content (AvgIpc) is 2.73. The Hall–Kier alpha value is -1.56. The molecule has 19 heavy (non-hydrogen) atoms. The van der Waals surface area contributed by atoms with Gasteiger partial charge in [-0.2, -0.15) is 0 Å². The van der Waals surface area contributed by atoms with Gasteiger partial charge in [-0.3, -0.25) is 5.32 Å². The van der Waals surface area contributed by atoms with Crippen LogP contribution in [-0.4, -0.2) is 19.1 Å². The largest absolute Gasteiger partial charge is 0.465 e. The van der Waals surface area contributed by atoms with E-state index in [1.807, 2.05) is 34.6 Å². The zero-order valence-electron chi connectivity index (χ0n) is 12.3. The Kier molecular flexibility index (Phi) is 6.55. The summed E-state index contributed by atoms with van der Waals surface area (Å²) < 4.78 is 4.66. The van der Waals surface area contributed by atoms with Crippen LogP contribution in [0.4, 0.5) is 9.80 Å². The smallest absolute Gasteiger partial charge is 0.340 e. The minimum atomic E-state index is -0.697. The molecule has 0 aliphatic carbocycles. The Morgan fingerprint density at radius 3 is 2.21 bits per heavy atom. The van der Waals surface area contributed by atoms with E-state index in [9.17, 15) is 9.59 Å². The second-order valence-electron chi connectivity index (χ2n) is 4.58. The number of urea groups is 1. The molecule has 3 N–H and O–H groups in total. The van der Waals surface area contributed by atoms with Crippen LogP contribution in [-0.2, 0) is 10.2 Å². The highest BCUT2D eigenvalue weighted by molar-refractivity contribution is 7.16. The van der Waals surface area contributed by atoms with E-state index in [0.29, 0.717) is 10.6 Å². The van der Waals surface area contributed by atoms with Crippen LogP contribution in [0.2, 0.25) is 0 Å². The summed E-state index contributed by atoms with van der Waals surface area (Å²) in [7, 11) is 1.30. The highest BCUT2D eigenvalue weighted by atomic mass is 32.1. The van der Waals surface area contributed by atoms with E-state index >= 15 is 0 Å². The standard InChI is InChI=1S/C11H16N2O3S.C2H6/c1-11(2,3)7-5-6(9(14)16-4)8(17-7)13-10(12)15;1-2/h5H,1-4H3,(H3,12,13,15);1-2H3. The number of anilines is 1. The van der Waals surface area contributed by atoms with E-state index in [1.54, 1.807) is 6.07 Å². The fourth-order valence-electron chi connectivity index (χ4n) is 1.23. The van der Waals surface area contributed by atoms with Gasteiger partial charge in [-0.1, -0.05) is 34.6 Å². The lowest BCUT2D eigenvalue weighted by atomic mass is 9.94. The maximum atomic E-state index is 11.5. The molecular weight excluding hydrogens is 264 g/mol. The normalized spacial score (nSPS) is 10.2. The lowest BCUT2D eigenvalue weighted by molar-refractivity contribution is 0.0602. The maximum absolute atomic E-state index is 11.5. The Bertz CT molecular complexity index is 447. The van der Waals surface area contributed by atoms with E-state index in [4.69, 9.17) is 5.73 Å². The molecule has 1 aromatic rings. The van der Waals surface area contributed by atoms with Crippen LogP contribution < -0.4 is 11.1 Å². The molecule has 0 aliphatic rings. The van der Waals surface area contributed by atoms with Crippen molar-refractivity contribution in [3.63, 3.8) is 0 Å². The summed E-state index contributed by atoms with van der Waals surface area (Å²) >= 11 is 1.33. The molecule has 0 aliphatic heterocycles. The Morgan fingerprint density at radius 2 is 1.84 bits per heavy atom. The predicted octanol–water partition coefficient (Wildman–Crippen LogP) is 3.35. The molecule has 1 rings (SSSR count). The number of esters is 1. The summed E-state index contributed by atoms with van der Waals surface area (Å²) in [4.78, 5) is 23.4. The van der Waals surface area contributed by atoms with E-state index in [0.717, 1.165) is 4.88 Å². The lowest BCUT2D eigenvalue weighted by Gasteiger charge is -2.15. The SMILES string of the molecule is CC.COC(=O)c1cc(C(C)(C)C)sc1NC(N)=O. The minimum absolute atomic E-state index is 0.106. The van der Waals surface area contributed by atoms with E-state index in [1.165, 1.54) is 18.4 Å². The number of rotatable bonds is 2. The number of thiophene rings is 1. The second-order valence-corrected chi connectivity index (χ2v) is 5.64. The van der Waals surface area contributed by atoms with Crippen molar-refractivity contribution in [3.8, 4) is 0 Å². The first-order chi connectivity index (χ1) is 8.75. The fraction of sp³-hybridized carbons (Fsp3) is 0.538. The summed E-state index contributed by atoms with van der Waals surface area (Å²) in [6.45, 7) is 10.1. The van der Waals surface area contributed by atoms with Crippen molar-refractivity contribution in [1.82, 2.24) is 0 Å². The van der Waals surface area contributed by atoms with Gasteiger partial charge in [0.25, 0.3) is 0 Å². The molecule has 0 radical (unpaired) electrons. The van der Waals surface area contributed by atoms with Crippen LogP contribution in [0.5, 0.6) is 0 Å². The van der Waals surface area contributed by atoms with Gasteiger partial charge in [0.1, 0.15) is 5.00 Å². The number of nitrogens with two attached hydrogens (primary N) is 1. The van der Waals surface area contributed by atoms with Crippen LogP contribution in [0.25, 0.3) is 0 Å². The molecule has 1 aromatic heterocycles. The molecule has 0 spiro atoms. The van der Waals surface area contributed by atoms with Crippen LogP contribution in [0.1, 0.15) is 49.9 Å². The summed E-state index contributed by atoms with van der Waals surface area (Å²) in [6.07, 6.45) is 0. The number of hydrogen-bond acceptors (Lipinski definition) is 4. The van der Waals surface area contributed by atoms with Gasteiger partial charge in [0.2, 0.25) is 0 Å². The Morgan fingerprint density at radius 1 is 1.32 bits per heavy atom.